The van der Waals surface area contributed by atoms with E-state index in [0.717, 1.165) is 17.1 Å². The SMILES string of the molecule is Cc1cc(C(=O)N(Cc2nc3ccccc3c(=O)[nH]2)C(C)C)c(C)n1Cc1ccco1. The first kappa shape index (κ1) is 20.7. The maximum Gasteiger partial charge on any atom is 0.258 e. The molecule has 0 spiro atoms. The third kappa shape index (κ3) is 4.03. The molecule has 0 aliphatic rings. The van der Waals surface area contributed by atoms with Crippen molar-refractivity contribution in [3.05, 3.63) is 87.6 Å². The fraction of sp³-hybridized carbons (Fsp3) is 0.292. The van der Waals surface area contributed by atoms with Crippen LogP contribution in [0.5, 0.6) is 0 Å². The van der Waals surface area contributed by atoms with Crippen LogP contribution in [0.1, 0.15) is 47.2 Å². The fourth-order valence-corrected chi connectivity index (χ4v) is 3.83. The van der Waals surface area contributed by atoms with Crippen LogP contribution >= 0.6 is 0 Å². The topological polar surface area (TPSA) is 84.1 Å². The third-order valence-electron chi connectivity index (χ3n) is 5.56. The van der Waals surface area contributed by atoms with E-state index in [9.17, 15) is 9.59 Å². The van der Waals surface area contributed by atoms with Gasteiger partial charge in [0.25, 0.3) is 11.5 Å². The van der Waals surface area contributed by atoms with Crippen LogP contribution in [0.2, 0.25) is 0 Å². The molecule has 0 unspecified atom stereocenters. The summed E-state index contributed by atoms with van der Waals surface area (Å²) >= 11 is 0. The van der Waals surface area contributed by atoms with Crippen molar-refractivity contribution in [2.24, 2.45) is 0 Å². The van der Waals surface area contributed by atoms with Crippen molar-refractivity contribution in [3.8, 4) is 0 Å². The van der Waals surface area contributed by atoms with E-state index >= 15 is 0 Å². The number of H-pyrrole nitrogens is 1. The summed E-state index contributed by atoms with van der Waals surface area (Å²) in [5.74, 6) is 1.21. The Balaban J connectivity index is 1.65. The molecule has 31 heavy (non-hydrogen) atoms. The Bertz CT molecular complexity index is 1280. The summed E-state index contributed by atoms with van der Waals surface area (Å²) < 4.78 is 7.54. The molecule has 7 nitrogen and oxygen atoms in total. The second-order valence-electron chi connectivity index (χ2n) is 8.01. The second kappa shape index (κ2) is 8.26. The molecule has 160 valence electrons. The van der Waals surface area contributed by atoms with Crippen molar-refractivity contribution in [1.82, 2.24) is 19.4 Å². The summed E-state index contributed by atoms with van der Waals surface area (Å²) in [6, 6.07) is 12.8. The number of furan rings is 1. The van der Waals surface area contributed by atoms with Crippen molar-refractivity contribution < 1.29 is 9.21 Å². The molecule has 0 bridgehead atoms. The van der Waals surface area contributed by atoms with Crippen molar-refractivity contribution in [1.29, 1.82) is 0 Å². The summed E-state index contributed by atoms with van der Waals surface area (Å²) in [5, 5.41) is 0.537. The summed E-state index contributed by atoms with van der Waals surface area (Å²) in [7, 11) is 0. The number of nitrogens with zero attached hydrogens (tertiary/aromatic N) is 3. The highest BCUT2D eigenvalue weighted by molar-refractivity contribution is 5.96. The first-order valence-corrected chi connectivity index (χ1v) is 10.3. The lowest BCUT2D eigenvalue weighted by atomic mass is 10.2. The zero-order valence-corrected chi connectivity index (χ0v) is 18.2. The molecule has 1 aromatic carbocycles. The molecule has 3 aromatic heterocycles. The van der Waals surface area contributed by atoms with Crippen LogP contribution in [0.4, 0.5) is 0 Å². The zero-order chi connectivity index (χ0) is 22.1. The first-order valence-electron chi connectivity index (χ1n) is 10.3. The number of carbonyl (C=O) groups is 1. The molecular formula is C24H26N4O3. The van der Waals surface area contributed by atoms with E-state index in [1.807, 2.05) is 52.0 Å². The van der Waals surface area contributed by atoms with E-state index < -0.39 is 0 Å². The van der Waals surface area contributed by atoms with Crippen molar-refractivity contribution >= 4 is 16.8 Å². The molecule has 0 saturated carbocycles. The van der Waals surface area contributed by atoms with Crippen molar-refractivity contribution in [3.63, 3.8) is 0 Å². The lowest BCUT2D eigenvalue weighted by Crippen LogP contribution is -2.37. The van der Waals surface area contributed by atoms with Crippen LogP contribution in [0.3, 0.4) is 0 Å². The van der Waals surface area contributed by atoms with Gasteiger partial charge in [0.1, 0.15) is 11.6 Å². The Kier molecular flexibility index (Phi) is 5.50. The predicted octanol–water partition coefficient (Wildman–Crippen LogP) is 4.03. The number of benzene rings is 1. The number of nitrogens with one attached hydrogen (secondary N) is 1. The number of para-hydroxylation sites is 1. The minimum atomic E-state index is -0.201. The highest BCUT2D eigenvalue weighted by Crippen LogP contribution is 2.21. The smallest absolute Gasteiger partial charge is 0.258 e. The molecule has 0 radical (unpaired) electrons. The molecule has 4 rings (SSSR count). The third-order valence-corrected chi connectivity index (χ3v) is 5.56. The molecule has 0 fully saturated rings. The minimum absolute atomic E-state index is 0.0718. The largest absolute Gasteiger partial charge is 0.467 e. The van der Waals surface area contributed by atoms with Crippen LogP contribution in [0.25, 0.3) is 10.9 Å². The maximum absolute atomic E-state index is 13.5. The number of carbonyl (C=O) groups excluding carboxylic acids is 1. The fourth-order valence-electron chi connectivity index (χ4n) is 3.83. The van der Waals surface area contributed by atoms with Crippen molar-refractivity contribution in [2.45, 2.75) is 46.8 Å². The van der Waals surface area contributed by atoms with Gasteiger partial charge in [0.2, 0.25) is 0 Å². The minimum Gasteiger partial charge on any atom is -0.467 e. The van der Waals surface area contributed by atoms with Crippen LogP contribution < -0.4 is 5.56 Å². The molecule has 3 heterocycles. The van der Waals surface area contributed by atoms with Gasteiger partial charge in [-0.2, -0.15) is 0 Å². The van der Waals surface area contributed by atoms with Gasteiger partial charge < -0.3 is 18.9 Å². The molecule has 0 atom stereocenters. The van der Waals surface area contributed by atoms with E-state index in [1.54, 1.807) is 29.4 Å². The van der Waals surface area contributed by atoms with Crippen LogP contribution in [0, 0.1) is 13.8 Å². The molecule has 1 amide bonds. The van der Waals surface area contributed by atoms with Gasteiger partial charge in [-0.3, -0.25) is 9.59 Å². The van der Waals surface area contributed by atoms with Gasteiger partial charge in [-0.25, -0.2) is 4.98 Å². The lowest BCUT2D eigenvalue weighted by molar-refractivity contribution is 0.0684. The van der Waals surface area contributed by atoms with E-state index in [1.165, 1.54) is 0 Å². The van der Waals surface area contributed by atoms with Crippen LogP contribution in [0.15, 0.2) is 57.9 Å². The number of aromatic nitrogens is 3. The van der Waals surface area contributed by atoms with Gasteiger partial charge >= 0.3 is 0 Å². The summed E-state index contributed by atoms with van der Waals surface area (Å²) in [5.41, 5.74) is 2.92. The average molecular weight is 418 g/mol. The lowest BCUT2D eigenvalue weighted by Gasteiger charge is -2.26. The van der Waals surface area contributed by atoms with Crippen LogP contribution in [-0.2, 0) is 13.1 Å². The van der Waals surface area contributed by atoms with Gasteiger partial charge in [0.05, 0.1) is 35.8 Å². The molecule has 1 N–H and O–H groups in total. The highest BCUT2D eigenvalue weighted by Gasteiger charge is 2.24. The second-order valence-corrected chi connectivity index (χ2v) is 8.01. The van der Waals surface area contributed by atoms with Gasteiger partial charge in [-0.15, -0.1) is 0 Å². The summed E-state index contributed by atoms with van der Waals surface area (Å²) in [6.07, 6.45) is 1.65. The van der Waals surface area contributed by atoms with Gasteiger partial charge in [0, 0.05) is 17.4 Å². The molecule has 0 aliphatic carbocycles. The Morgan fingerprint density at radius 1 is 1.19 bits per heavy atom. The van der Waals surface area contributed by atoms with Crippen molar-refractivity contribution in [2.75, 3.05) is 0 Å². The van der Waals surface area contributed by atoms with Gasteiger partial charge in [-0.1, -0.05) is 12.1 Å². The maximum atomic E-state index is 13.5. The number of aromatic amines is 1. The van der Waals surface area contributed by atoms with Gasteiger partial charge in [-0.05, 0) is 58.0 Å². The molecule has 0 saturated heterocycles. The Labute approximate surface area is 180 Å². The number of hydrogen-bond acceptors (Lipinski definition) is 4. The summed E-state index contributed by atoms with van der Waals surface area (Å²) in [6.45, 7) is 8.63. The zero-order valence-electron chi connectivity index (χ0n) is 18.2. The number of fused-ring (bicyclic) bond motifs is 1. The van der Waals surface area contributed by atoms with E-state index in [-0.39, 0.29) is 24.1 Å². The quantitative estimate of drug-likeness (QED) is 0.512. The normalized spacial score (nSPS) is 11.4. The van der Waals surface area contributed by atoms with Gasteiger partial charge in [0.15, 0.2) is 0 Å². The number of aryl methyl sites for hydroxylation is 1. The Morgan fingerprint density at radius 3 is 2.68 bits per heavy atom. The Morgan fingerprint density at radius 2 is 1.97 bits per heavy atom. The molecule has 7 heteroatoms. The first-order chi connectivity index (χ1) is 14.8. The molecular weight excluding hydrogens is 392 g/mol. The van der Waals surface area contributed by atoms with E-state index in [0.29, 0.717) is 28.8 Å². The monoisotopic (exact) mass is 418 g/mol. The number of rotatable bonds is 6. The standard InChI is InChI=1S/C24H26N4O3/c1-15(2)27(14-22-25-21-10-6-5-9-19(21)23(29)26-22)24(30)20-12-16(3)28(17(20)4)13-18-8-7-11-31-18/h5-12,15H,13-14H2,1-4H3,(H,25,26,29). The predicted molar refractivity (Wildman–Crippen MR) is 119 cm³/mol. The van der Waals surface area contributed by atoms with E-state index in [2.05, 4.69) is 14.5 Å². The average Bonchev–Trinajstić information content (AvgIpc) is 3.35. The van der Waals surface area contributed by atoms with Crippen LogP contribution in [-0.4, -0.2) is 31.4 Å². The molecule has 0 aliphatic heterocycles. The molecule has 4 aromatic rings. The number of hydrogen-bond donors (Lipinski definition) is 1. The number of amides is 1. The Hall–Kier alpha value is -3.61. The summed E-state index contributed by atoms with van der Waals surface area (Å²) in [4.78, 5) is 35.0. The highest BCUT2D eigenvalue weighted by atomic mass is 16.3. The van der Waals surface area contributed by atoms with E-state index in [4.69, 9.17) is 4.42 Å².